The van der Waals surface area contributed by atoms with E-state index in [2.05, 4.69) is 15.5 Å². The van der Waals surface area contributed by atoms with Crippen molar-refractivity contribution in [3.8, 4) is 17.0 Å². The number of benzene rings is 1. The second-order valence-corrected chi connectivity index (χ2v) is 5.73. The number of hydrogen-bond donors (Lipinski definition) is 2. The molecule has 3 N–H and O–H groups in total. The minimum Gasteiger partial charge on any atom is -0.496 e. The van der Waals surface area contributed by atoms with Crippen LogP contribution in [0.4, 0.5) is 5.82 Å². The number of ether oxygens (including phenoxy) is 1. The van der Waals surface area contributed by atoms with Gasteiger partial charge in [0.25, 0.3) is 0 Å². The van der Waals surface area contributed by atoms with Gasteiger partial charge in [0, 0.05) is 5.56 Å². The molecule has 2 aromatic rings. The van der Waals surface area contributed by atoms with Gasteiger partial charge in [-0.15, -0.1) is 10.2 Å². The second-order valence-electron chi connectivity index (χ2n) is 5.73. The number of para-hydroxylation sites is 1. The van der Waals surface area contributed by atoms with Crippen molar-refractivity contribution in [1.82, 2.24) is 10.2 Å². The molecule has 2 rings (SSSR count). The first-order valence-electron chi connectivity index (χ1n) is 7.54. The van der Waals surface area contributed by atoms with E-state index in [1.54, 1.807) is 13.2 Å². The molecule has 0 saturated carbocycles. The Morgan fingerprint density at radius 3 is 2.52 bits per heavy atom. The van der Waals surface area contributed by atoms with Crippen LogP contribution in [0.25, 0.3) is 11.3 Å². The van der Waals surface area contributed by atoms with Crippen LogP contribution in [0.1, 0.15) is 20.3 Å². The van der Waals surface area contributed by atoms with Gasteiger partial charge >= 0.3 is 0 Å². The molecular weight excluding hydrogens is 292 g/mol. The van der Waals surface area contributed by atoms with Gasteiger partial charge in [0.1, 0.15) is 17.6 Å². The number of nitrogens with zero attached hydrogens (tertiary/aromatic N) is 2. The maximum Gasteiger partial charge on any atom is 0.239 e. The lowest BCUT2D eigenvalue weighted by molar-refractivity contribution is -0.119. The molecule has 0 bridgehead atoms. The molecule has 0 spiro atoms. The van der Waals surface area contributed by atoms with Crippen LogP contribution in [0.2, 0.25) is 0 Å². The molecular formula is C17H22N4O2. The maximum atomic E-state index is 11.5. The fourth-order valence-corrected chi connectivity index (χ4v) is 2.31. The summed E-state index contributed by atoms with van der Waals surface area (Å²) >= 11 is 0. The summed E-state index contributed by atoms with van der Waals surface area (Å²) in [5, 5.41) is 11.4. The lowest BCUT2D eigenvalue weighted by Crippen LogP contribution is -2.36. The van der Waals surface area contributed by atoms with E-state index in [0.29, 0.717) is 23.9 Å². The summed E-state index contributed by atoms with van der Waals surface area (Å²) < 4.78 is 5.33. The lowest BCUT2D eigenvalue weighted by Gasteiger charge is -2.17. The number of nitrogens with one attached hydrogen (secondary N) is 1. The molecule has 122 valence electrons. The molecule has 0 aliphatic heterocycles. The third-order valence-electron chi connectivity index (χ3n) is 3.42. The standard InChI is InChI=1S/C17H22N4O2/c1-11(2)10-14(17(18)22)19-16-9-8-13(20-21-16)12-6-4-5-7-15(12)23-3/h4-9,11,14H,10H2,1-3H3,(H2,18,22)(H,19,21)/t14-/m0/s1. The van der Waals surface area contributed by atoms with E-state index >= 15 is 0 Å². The van der Waals surface area contributed by atoms with Crippen molar-refractivity contribution in [3.05, 3.63) is 36.4 Å². The Morgan fingerprint density at radius 2 is 1.96 bits per heavy atom. The minimum absolute atomic E-state index is 0.348. The summed E-state index contributed by atoms with van der Waals surface area (Å²) in [5.74, 6) is 1.21. The van der Waals surface area contributed by atoms with Crippen molar-refractivity contribution in [1.29, 1.82) is 0 Å². The van der Waals surface area contributed by atoms with E-state index < -0.39 is 11.9 Å². The number of nitrogens with two attached hydrogens (primary N) is 1. The van der Waals surface area contributed by atoms with Gasteiger partial charge in [-0.2, -0.15) is 0 Å². The SMILES string of the molecule is COc1ccccc1-c1ccc(N[C@@H](CC(C)C)C(N)=O)nn1. The highest BCUT2D eigenvalue weighted by Gasteiger charge is 2.17. The smallest absolute Gasteiger partial charge is 0.239 e. The highest BCUT2D eigenvalue weighted by atomic mass is 16.5. The Balaban J connectivity index is 2.17. The van der Waals surface area contributed by atoms with Gasteiger partial charge < -0.3 is 15.8 Å². The van der Waals surface area contributed by atoms with Crippen LogP contribution in [-0.2, 0) is 4.79 Å². The van der Waals surface area contributed by atoms with Gasteiger partial charge in [-0.1, -0.05) is 26.0 Å². The molecule has 0 aliphatic rings. The summed E-state index contributed by atoms with van der Waals surface area (Å²) in [5.41, 5.74) is 6.99. The number of anilines is 1. The summed E-state index contributed by atoms with van der Waals surface area (Å²) in [6, 6.07) is 10.8. The molecule has 1 atom stereocenters. The molecule has 0 unspecified atom stereocenters. The van der Waals surface area contributed by atoms with Gasteiger partial charge in [-0.3, -0.25) is 4.79 Å². The molecule has 23 heavy (non-hydrogen) atoms. The predicted octanol–water partition coefficient (Wildman–Crippen LogP) is 2.46. The summed E-state index contributed by atoms with van der Waals surface area (Å²) in [7, 11) is 1.62. The molecule has 1 amide bonds. The van der Waals surface area contributed by atoms with Crippen LogP contribution >= 0.6 is 0 Å². The van der Waals surface area contributed by atoms with E-state index in [0.717, 1.165) is 11.3 Å². The number of rotatable bonds is 7. The fraction of sp³-hybridized carbons (Fsp3) is 0.353. The Hall–Kier alpha value is -2.63. The highest BCUT2D eigenvalue weighted by Crippen LogP contribution is 2.27. The zero-order valence-electron chi connectivity index (χ0n) is 13.6. The zero-order valence-corrected chi connectivity index (χ0v) is 13.6. The highest BCUT2D eigenvalue weighted by molar-refractivity contribution is 5.82. The largest absolute Gasteiger partial charge is 0.496 e. The summed E-state index contributed by atoms with van der Waals surface area (Å²) in [4.78, 5) is 11.5. The van der Waals surface area contributed by atoms with E-state index in [9.17, 15) is 4.79 Å². The van der Waals surface area contributed by atoms with Crippen LogP contribution in [0.15, 0.2) is 36.4 Å². The van der Waals surface area contributed by atoms with E-state index in [1.165, 1.54) is 0 Å². The molecule has 0 fully saturated rings. The van der Waals surface area contributed by atoms with Crippen molar-refractivity contribution >= 4 is 11.7 Å². The number of carbonyl (C=O) groups excluding carboxylic acids is 1. The first kappa shape index (κ1) is 16.7. The number of aromatic nitrogens is 2. The molecule has 1 aromatic heterocycles. The Bertz CT molecular complexity index is 656. The maximum absolute atomic E-state index is 11.5. The van der Waals surface area contributed by atoms with Crippen LogP contribution in [0.5, 0.6) is 5.75 Å². The molecule has 6 nitrogen and oxygen atoms in total. The number of primary amides is 1. The Morgan fingerprint density at radius 1 is 1.22 bits per heavy atom. The van der Waals surface area contributed by atoms with Gasteiger partial charge in [-0.05, 0) is 36.6 Å². The Kier molecular flexibility index (Phi) is 5.51. The number of carbonyl (C=O) groups is 1. The quantitative estimate of drug-likeness (QED) is 0.819. The average molecular weight is 314 g/mol. The topological polar surface area (TPSA) is 90.1 Å². The van der Waals surface area contributed by atoms with Crippen LogP contribution in [0, 0.1) is 5.92 Å². The minimum atomic E-state index is -0.457. The van der Waals surface area contributed by atoms with Crippen molar-refractivity contribution in [3.63, 3.8) is 0 Å². The van der Waals surface area contributed by atoms with Crippen molar-refractivity contribution in [2.24, 2.45) is 11.7 Å². The first-order valence-corrected chi connectivity index (χ1v) is 7.54. The predicted molar refractivity (Wildman–Crippen MR) is 90.1 cm³/mol. The molecule has 0 aliphatic carbocycles. The Labute approximate surface area is 136 Å². The normalized spacial score (nSPS) is 12.0. The van der Waals surface area contributed by atoms with E-state index in [1.807, 2.05) is 44.2 Å². The average Bonchev–Trinajstić information content (AvgIpc) is 2.54. The third kappa shape index (κ3) is 4.42. The molecule has 1 aromatic carbocycles. The van der Waals surface area contributed by atoms with Crippen molar-refractivity contribution < 1.29 is 9.53 Å². The van der Waals surface area contributed by atoms with Crippen LogP contribution in [0.3, 0.4) is 0 Å². The first-order chi connectivity index (χ1) is 11.0. The number of hydrogen-bond acceptors (Lipinski definition) is 5. The van der Waals surface area contributed by atoms with E-state index in [4.69, 9.17) is 10.5 Å². The molecule has 6 heteroatoms. The number of methoxy groups -OCH3 is 1. The third-order valence-corrected chi connectivity index (χ3v) is 3.42. The van der Waals surface area contributed by atoms with E-state index in [-0.39, 0.29) is 0 Å². The molecule has 1 heterocycles. The summed E-state index contributed by atoms with van der Waals surface area (Å²) in [6.45, 7) is 4.07. The fourth-order valence-electron chi connectivity index (χ4n) is 2.31. The summed E-state index contributed by atoms with van der Waals surface area (Å²) in [6.07, 6.45) is 0.644. The van der Waals surface area contributed by atoms with Gasteiger partial charge in [0.15, 0.2) is 0 Å². The van der Waals surface area contributed by atoms with Gasteiger partial charge in [0.2, 0.25) is 5.91 Å². The molecule has 0 saturated heterocycles. The molecule has 0 radical (unpaired) electrons. The second kappa shape index (κ2) is 7.58. The lowest BCUT2D eigenvalue weighted by atomic mass is 10.0. The number of amides is 1. The van der Waals surface area contributed by atoms with Gasteiger partial charge in [-0.25, -0.2) is 0 Å². The monoisotopic (exact) mass is 314 g/mol. The van der Waals surface area contributed by atoms with Crippen molar-refractivity contribution in [2.45, 2.75) is 26.3 Å². The van der Waals surface area contributed by atoms with Gasteiger partial charge in [0.05, 0.1) is 12.8 Å². The zero-order chi connectivity index (χ0) is 16.8. The van der Waals surface area contributed by atoms with Crippen LogP contribution in [-0.4, -0.2) is 29.3 Å². The van der Waals surface area contributed by atoms with Crippen molar-refractivity contribution in [2.75, 3.05) is 12.4 Å². The van der Waals surface area contributed by atoms with Crippen LogP contribution < -0.4 is 15.8 Å².